The second-order valence-corrected chi connectivity index (χ2v) is 4.92. The summed E-state index contributed by atoms with van der Waals surface area (Å²) >= 11 is 0. The Labute approximate surface area is 114 Å². The summed E-state index contributed by atoms with van der Waals surface area (Å²) in [6.45, 7) is 2.18. The molecule has 1 unspecified atom stereocenters. The van der Waals surface area contributed by atoms with E-state index in [1.54, 1.807) is 0 Å². The summed E-state index contributed by atoms with van der Waals surface area (Å²) < 4.78 is 0. The molecule has 0 aliphatic carbocycles. The van der Waals surface area contributed by atoms with E-state index >= 15 is 0 Å². The molecule has 96 valence electrons. The van der Waals surface area contributed by atoms with Crippen LogP contribution in [0.15, 0.2) is 48.5 Å². The maximum absolute atomic E-state index is 9.14. The van der Waals surface area contributed by atoms with Crippen LogP contribution in [-0.4, -0.2) is 19.0 Å². The van der Waals surface area contributed by atoms with Crippen molar-refractivity contribution in [1.29, 1.82) is 5.26 Å². The Hall–Kier alpha value is -2.11. The van der Waals surface area contributed by atoms with Crippen molar-refractivity contribution in [2.45, 2.75) is 13.0 Å². The molecule has 2 aromatic carbocycles. The van der Waals surface area contributed by atoms with Gasteiger partial charge in [0.15, 0.2) is 0 Å². The van der Waals surface area contributed by atoms with Crippen LogP contribution >= 0.6 is 0 Å². The molecular weight excluding hydrogens is 232 g/mol. The predicted molar refractivity (Wildman–Crippen MR) is 78.7 cm³/mol. The van der Waals surface area contributed by atoms with Gasteiger partial charge < -0.3 is 4.90 Å². The van der Waals surface area contributed by atoms with Gasteiger partial charge in [0.2, 0.25) is 0 Å². The summed E-state index contributed by atoms with van der Waals surface area (Å²) in [6, 6.07) is 18.8. The Morgan fingerprint density at radius 1 is 1.00 bits per heavy atom. The second kappa shape index (κ2) is 5.69. The fourth-order valence-corrected chi connectivity index (χ4v) is 2.07. The number of hydrogen-bond donors (Lipinski definition) is 0. The van der Waals surface area contributed by atoms with Gasteiger partial charge in [0.05, 0.1) is 11.6 Å². The Balaban J connectivity index is 2.36. The minimum absolute atomic E-state index is 0.389. The van der Waals surface area contributed by atoms with E-state index in [4.69, 9.17) is 5.26 Å². The predicted octanol–water partition coefficient (Wildman–Crippen LogP) is 3.85. The van der Waals surface area contributed by atoms with E-state index in [2.05, 4.69) is 56.3 Å². The first kappa shape index (κ1) is 13.3. The highest BCUT2D eigenvalue weighted by Gasteiger charge is 2.08. The molecule has 1 atom stereocenters. The molecule has 0 radical (unpaired) electrons. The molecule has 0 fully saturated rings. The van der Waals surface area contributed by atoms with Gasteiger partial charge in [-0.3, -0.25) is 0 Å². The molecule has 0 N–H and O–H groups in total. The van der Waals surface area contributed by atoms with Crippen molar-refractivity contribution in [2.24, 2.45) is 0 Å². The first-order valence-corrected chi connectivity index (χ1v) is 6.39. The third-order valence-electron chi connectivity index (χ3n) is 3.53. The van der Waals surface area contributed by atoms with Crippen molar-refractivity contribution < 1.29 is 0 Å². The largest absolute Gasteiger partial charge is 0.303 e. The van der Waals surface area contributed by atoms with Crippen molar-refractivity contribution in [3.63, 3.8) is 0 Å². The number of nitriles is 1. The fraction of sp³-hybridized carbons (Fsp3) is 0.235. The minimum Gasteiger partial charge on any atom is -0.303 e. The van der Waals surface area contributed by atoms with Crippen molar-refractivity contribution >= 4 is 0 Å². The molecule has 0 aliphatic rings. The summed E-state index contributed by atoms with van der Waals surface area (Å²) in [7, 11) is 4.15. The van der Waals surface area contributed by atoms with Gasteiger partial charge in [-0.25, -0.2) is 0 Å². The number of rotatable bonds is 3. The zero-order valence-electron chi connectivity index (χ0n) is 11.6. The van der Waals surface area contributed by atoms with Crippen molar-refractivity contribution in [3.05, 3.63) is 59.7 Å². The standard InChI is InChI=1S/C17H18N2/c1-13(19(2)3)14-8-10-15(11-9-14)17-7-5-4-6-16(17)12-18/h4-11,13H,1-3H3. The van der Waals surface area contributed by atoms with Crippen LogP contribution in [0.5, 0.6) is 0 Å². The first-order chi connectivity index (χ1) is 9.13. The van der Waals surface area contributed by atoms with Crippen LogP contribution in [0, 0.1) is 11.3 Å². The zero-order valence-corrected chi connectivity index (χ0v) is 11.6. The molecular formula is C17H18N2. The lowest BCUT2D eigenvalue weighted by atomic mass is 9.98. The normalized spacial score (nSPS) is 12.2. The van der Waals surface area contributed by atoms with Gasteiger partial charge in [-0.05, 0) is 43.8 Å². The van der Waals surface area contributed by atoms with Crippen LogP contribution in [0.3, 0.4) is 0 Å². The third kappa shape index (κ3) is 2.83. The van der Waals surface area contributed by atoms with E-state index < -0.39 is 0 Å². The van der Waals surface area contributed by atoms with E-state index in [1.807, 2.05) is 24.3 Å². The summed E-state index contributed by atoms with van der Waals surface area (Å²) in [6.07, 6.45) is 0. The van der Waals surface area contributed by atoms with E-state index in [1.165, 1.54) is 5.56 Å². The SMILES string of the molecule is CC(c1ccc(-c2ccccc2C#N)cc1)N(C)C. The summed E-state index contributed by atoms with van der Waals surface area (Å²) in [5.41, 5.74) is 4.08. The van der Waals surface area contributed by atoms with Crippen molar-refractivity contribution in [1.82, 2.24) is 4.90 Å². The average Bonchev–Trinajstić information content (AvgIpc) is 2.46. The molecule has 0 heterocycles. The lowest BCUT2D eigenvalue weighted by Gasteiger charge is -2.20. The monoisotopic (exact) mass is 250 g/mol. The number of nitrogens with zero attached hydrogens (tertiary/aromatic N) is 2. The molecule has 0 bridgehead atoms. The third-order valence-corrected chi connectivity index (χ3v) is 3.53. The van der Waals surface area contributed by atoms with Gasteiger partial charge in [-0.1, -0.05) is 42.5 Å². The van der Waals surface area contributed by atoms with Crippen molar-refractivity contribution in [2.75, 3.05) is 14.1 Å². The van der Waals surface area contributed by atoms with Crippen LogP contribution < -0.4 is 0 Å². The van der Waals surface area contributed by atoms with Gasteiger partial charge >= 0.3 is 0 Å². The highest BCUT2D eigenvalue weighted by atomic mass is 15.1. The lowest BCUT2D eigenvalue weighted by molar-refractivity contribution is 0.321. The van der Waals surface area contributed by atoms with E-state index in [-0.39, 0.29) is 0 Å². The number of benzene rings is 2. The van der Waals surface area contributed by atoms with Crippen LogP contribution in [0.2, 0.25) is 0 Å². The average molecular weight is 250 g/mol. The molecule has 2 heteroatoms. The van der Waals surface area contributed by atoms with E-state index in [0.717, 1.165) is 16.7 Å². The first-order valence-electron chi connectivity index (χ1n) is 6.39. The Morgan fingerprint density at radius 3 is 2.21 bits per heavy atom. The molecule has 0 aliphatic heterocycles. The maximum atomic E-state index is 9.14. The van der Waals surface area contributed by atoms with Crippen LogP contribution in [0.1, 0.15) is 24.1 Å². The molecule has 2 aromatic rings. The summed E-state index contributed by atoms with van der Waals surface area (Å²) in [5.74, 6) is 0. The molecule has 0 amide bonds. The smallest absolute Gasteiger partial charge is 0.0998 e. The minimum atomic E-state index is 0.389. The van der Waals surface area contributed by atoms with E-state index in [0.29, 0.717) is 6.04 Å². The second-order valence-electron chi connectivity index (χ2n) is 4.92. The van der Waals surface area contributed by atoms with Gasteiger partial charge in [0.1, 0.15) is 0 Å². The summed E-state index contributed by atoms with van der Waals surface area (Å²) in [5, 5.41) is 9.14. The molecule has 0 saturated heterocycles. The highest BCUT2D eigenvalue weighted by molar-refractivity contribution is 5.70. The summed E-state index contributed by atoms with van der Waals surface area (Å²) in [4.78, 5) is 2.18. The molecule has 2 nitrogen and oxygen atoms in total. The molecule has 0 saturated carbocycles. The van der Waals surface area contributed by atoms with Gasteiger partial charge in [0.25, 0.3) is 0 Å². The van der Waals surface area contributed by atoms with Crippen molar-refractivity contribution in [3.8, 4) is 17.2 Å². The van der Waals surface area contributed by atoms with Crippen LogP contribution in [0.25, 0.3) is 11.1 Å². The molecule has 19 heavy (non-hydrogen) atoms. The number of hydrogen-bond acceptors (Lipinski definition) is 2. The topological polar surface area (TPSA) is 27.0 Å². The van der Waals surface area contributed by atoms with Crippen LogP contribution in [0.4, 0.5) is 0 Å². The molecule has 0 spiro atoms. The van der Waals surface area contributed by atoms with Crippen LogP contribution in [-0.2, 0) is 0 Å². The zero-order chi connectivity index (χ0) is 13.8. The quantitative estimate of drug-likeness (QED) is 0.827. The lowest BCUT2D eigenvalue weighted by Crippen LogP contribution is -2.16. The fourth-order valence-electron chi connectivity index (χ4n) is 2.07. The van der Waals surface area contributed by atoms with E-state index in [9.17, 15) is 0 Å². The Kier molecular flexibility index (Phi) is 3.99. The molecule has 2 rings (SSSR count). The van der Waals surface area contributed by atoms with Gasteiger partial charge in [-0.15, -0.1) is 0 Å². The highest BCUT2D eigenvalue weighted by Crippen LogP contribution is 2.25. The van der Waals surface area contributed by atoms with Gasteiger partial charge in [-0.2, -0.15) is 5.26 Å². The van der Waals surface area contributed by atoms with Gasteiger partial charge in [0, 0.05) is 6.04 Å². The Bertz CT molecular complexity index is 591. The maximum Gasteiger partial charge on any atom is 0.0998 e. The molecule has 0 aromatic heterocycles. The Morgan fingerprint density at radius 2 is 1.63 bits per heavy atom.